The Kier molecular flexibility index (Phi) is 3.89. The van der Waals surface area contributed by atoms with Crippen LogP contribution in [0.5, 0.6) is 0 Å². The van der Waals surface area contributed by atoms with Gasteiger partial charge < -0.3 is 0 Å². The molecule has 3 nitrogen and oxygen atoms in total. The number of nitrogens with zero attached hydrogens (tertiary/aromatic N) is 3. The van der Waals surface area contributed by atoms with Gasteiger partial charge in [0, 0.05) is 11.1 Å². The van der Waals surface area contributed by atoms with Crippen molar-refractivity contribution in [1.82, 2.24) is 14.8 Å². The highest BCUT2D eigenvalue weighted by atomic mass is 19.4. The van der Waals surface area contributed by atoms with Crippen molar-refractivity contribution in [1.29, 1.82) is 0 Å². The lowest BCUT2D eigenvalue weighted by Gasteiger charge is -2.20. The molecule has 0 N–H and O–H groups in total. The number of aryl methyl sites for hydroxylation is 2. The summed E-state index contributed by atoms with van der Waals surface area (Å²) >= 11 is 0. The highest BCUT2D eigenvalue weighted by Crippen LogP contribution is 2.38. The molecule has 0 spiro atoms. The number of fused-ring (bicyclic) bond motifs is 1. The molecule has 0 aliphatic heterocycles. The van der Waals surface area contributed by atoms with Gasteiger partial charge in [0.2, 0.25) is 0 Å². The van der Waals surface area contributed by atoms with E-state index in [0.717, 1.165) is 11.6 Å². The summed E-state index contributed by atoms with van der Waals surface area (Å²) < 4.78 is 42.5. The van der Waals surface area contributed by atoms with Crippen LogP contribution in [0.1, 0.15) is 43.3 Å². The molecule has 0 bridgehead atoms. The van der Waals surface area contributed by atoms with Crippen molar-refractivity contribution in [3.05, 3.63) is 52.8 Å². The number of alkyl halides is 3. The Morgan fingerprint density at radius 2 is 1.56 bits per heavy atom. The van der Waals surface area contributed by atoms with Crippen LogP contribution in [0.15, 0.2) is 30.3 Å². The zero-order valence-electron chi connectivity index (χ0n) is 14.9. The number of aromatic nitrogens is 3. The number of rotatable bonds is 1. The fourth-order valence-electron chi connectivity index (χ4n) is 2.76. The third kappa shape index (κ3) is 3.13. The predicted octanol–water partition coefficient (Wildman–Crippen LogP) is 5.35. The smallest absolute Gasteiger partial charge is 0.232 e. The molecule has 2 heterocycles. The maximum Gasteiger partial charge on any atom is 0.417 e. The molecule has 0 fully saturated rings. The van der Waals surface area contributed by atoms with E-state index in [-0.39, 0.29) is 11.0 Å². The van der Waals surface area contributed by atoms with E-state index in [0.29, 0.717) is 17.1 Å². The molecule has 0 aliphatic rings. The van der Waals surface area contributed by atoms with Crippen LogP contribution in [0.25, 0.3) is 16.7 Å². The first-order valence-corrected chi connectivity index (χ1v) is 8.03. The van der Waals surface area contributed by atoms with Crippen molar-refractivity contribution in [3.8, 4) is 5.69 Å². The van der Waals surface area contributed by atoms with Gasteiger partial charge in [0.15, 0.2) is 5.65 Å². The zero-order chi connectivity index (χ0) is 18.6. The third-order valence-electron chi connectivity index (χ3n) is 4.17. The minimum Gasteiger partial charge on any atom is -0.232 e. The molecule has 3 aromatic rings. The molecule has 0 amide bonds. The van der Waals surface area contributed by atoms with Crippen LogP contribution in [0.3, 0.4) is 0 Å². The fraction of sp³-hybridized carbons (Fsp3) is 0.368. The van der Waals surface area contributed by atoms with Gasteiger partial charge in [0.25, 0.3) is 0 Å². The quantitative estimate of drug-likeness (QED) is 0.594. The van der Waals surface area contributed by atoms with E-state index >= 15 is 0 Å². The second kappa shape index (κ2) is 5.58. The fourth-order valence-corrected chi connectivity index (χ4v) is 2.76. The lowest BCUT2D eigenvalue weighted by atomic mass is 9.90. The topological polar surface area (TPSA) is 30.7 Å². The van der Waals surface area contributed by atoms with E-state index in [9.17, 15) is 13.2 Å². The Balaban J connectivity index is 2.40. The molecule has 0 aliphatic carbocycles. The van der Waals surface area contributed by atoms with Crippen molar-refractivity contribution in [2.24, 2.45) is 0 Å². The minimum absolute atomic E-state index is 0.0566. The molecule has 3 rings (SSSR count). The summed E-state index contributed by atoms with van der Waals surface area (Å²) in [5.74, 6) is 0. The lowest BCUT2D eigenvalue weighted by molar-refractivity contribution is -0.136. The van der Waals surface area contributed by atoms with Crippen LogP contribution in [0, 0.1) is 13.8 Å². The van der Waals surface area contributed by atoms with Crippen molar-refractivity contribution >= 4 is 11.0 Å². The maximum atomic E-state index is 13.7. The Bertz CT molecular complexity index is 930. The molecular formula is C19H20F3N3. The SMILES string of the molecule is Cc1ccc(-n2nc(C)c3c(C(F)(F)F)cc(C(C)(C)C)nc32)cc1. The van der Waals surface area contributed by atoms with Gasteiger partial charge in [-0.3, -0.25) is 0 Å². The van der Waals surface area contributed by atoms with Gasteiger partial charge in [-0.15, -0.1) is 0 Å². The molecule has 0 radical (unpaired) electrons. The Morgan fingerprint density at radius 1 is 0.960 bits per heavy atom. The summed E-state index contributed by atoms with van der Waals surface area (Å²) in [5.41, 5.74) is 1.51. The van der Waals surface area contributed by atoms with Gasteiger partial charge in [0.05, 0.1) is 22.3 Å². The molecule has 6 heteroatoms. The van der Waals surface area contributed by atoms with E-state index in [1.54, 1.807) is 6.92 Å². The monoisotopic (exact) mass is 347 g/mol. The number of pyridine rings is 1. The molecule has 1 aromatic carbocycles. The standard InChI is InChI=1S/C19H20F3N3/c1-11-6-8-13(9-7-11)25-17-16(12(2)24-25)14(19(20,21)22)10-15(23-17)18(3,4)5/h6-10H,1-5H3. The van der Waals surface area contributed by atoms with E-state index < -0.39 is 17.2 Å². The van der Waals surface area contributed by atoms with Crippen LogP contribution in [0.2, 0.25) is 0 Å². The molecule has 0 unspecified atom stereocenters. The minimum atomic E-state index is -4.47. The molecule has 132 valence electrons. The van der Waals surface area contributed by atoms with Gasteiger partial charge in [0.1, 0.15) is 0 Å². The lowest BCUT2D eigenvalue weighted by Crippen LogP contribution is -2.17. The highest BCUT2D eigenvalue weighted by Gasteiger charge is 2.36. The average molecular weight is 347 g/mol. The normalized spacial score (nSPS) is 12.8. The molecule has 0 saturated carbocycles. The van der Waals surface area contributed by atoms with Gasteiger partial charge in [-0.25, -0.2) is 9.67 Å². The molecule has 2 aromatic heterocycles. The summed E-state index contributed by atoms with van der Waals surface area (Å²) in [5, 5.41) is 4.40. The average Bonchev–Trinajstić information content (AvgIpc) is 2.83. The Labute approximate surface area is 144 Å². The van der Waals surface area contributed by atoms with E-state index in [4.69, 9.17) is 0 Å². The van der Waals surface area contributed by atoms with Crippen LogP contribution >= 0.6 is 0 Å². The zero-order valence-corrected chi connectivity index (χ0v) is 14.9. The Morgan fingerprint density at radius 3 is 2.08 bits per heavy atom. The van der Waals surface area contributed by atoms with Gasteiger partial charge in [-0.05, 0) is 32.0 Å². The first kappa shape index (κ1) is 17.5. The van der Waals surface area contributed by atoms with Crippen LogP contribution in [-0.4, -0.2) is 14.8 Å². The molecule has 0 atom stereocenters. The summed E-state index contributed by atoms with van der Waals surface area (Å²) in [7, 11) is 0. The highest BCUT2D eigenvalue weighted by molar-refractivity contribution is 5.84. The summed E-state index contributed by atoms with van der Waals surface area (Å²) in [6.45, 7) is 9.08. The van der Waals surface area contributed by atoms with Crippen molar-refractivity contribution < 1.29 is 13.2 Å². The van der Waals surface area contributed by atoms with Gasteiger partial charge in [-0.1, -0.05) is 38.5 Å². The molecule has 25 heavy (non-hydrogen) atoms. The second-order valence-corrected chi connectivity index (χ2v) is 7.33. The van der Waals surface area contributed by atoms with Gasteiger partial charge in [-0.2, -0.15) is 18.3 Å². The first-order valence-electron chi connectivity index (χ1n) is 8.03. The number of halogens is 3. The van der Waals surface area contributed by atoms with Crippen LogP contribution in [0.4, 0.5) is 13.2 Å². The van der Waals surface area contributed by atoms with Crippen LogP contribution < -0.4 is 0 Å². The largest absolute Gasteiger partial charge is 0.417 e. The van der Waals surface area contributed by atoms with Crippen molar-refractivity contribution in [2.75, 3.05) is 0 Å². The maximum absolute atomic E-state index is 13.7. The second-order valence-electron chi connectivity index (χ2n) is 7.33. The number of benzene rings is 1. The van der Waals surface area contributed by atoms with E-state index in [2.05, 4.69) is 10.1 Å². The van der Waals surface area contributed by atoms with E-state index in [1.807, 2.05) is 52.0 Å². The van der Waals surface area contributed by atoms with E-state index in [1.165, 1.54) is 4.68 Å². The summed E-state index contributed by atoms with van der Waals surface area (Å²) in [6.07, 6.45) is -4.47. The van der Waals surface area contributed by atoms with Crippen LogP contribution in [-0.2, 0) is 11.6 Å². The number of hydrogen-bond donors (Lipinski definition) is 0. The predicted molar refractivity (Wildman–Crippen MR) is 92.0 cm³/mol. The Hall–Kier alpha value is -2.37. The summed E-state index contributed by atoms with van der Waals surface area (Å²) in [4.78, 5) is 4.54. The number of hydrogen-bond acceptors (Lipinski definition) is 2. The summed E-state index contributed by atoms with van der Waals surface area (Å²) in [6, 6.07) is 8.61. The first-order chi connectivity index (χ1) is 11.5. The third-order valence-corrected chi connectivity index (χ3v) is 4.17. The van der Waals surface area contributed by atoms with Gasteiger partial charge >= 0.3 is 6.18 Å². The molecular weight excluding hydrogens is 327 g/mol. The van der Waals surface area contributed by atoms with Crippen molar-refractivity contribution in [3.63, 3.8) is 0 Å². The van der Waals surface area contributed by atoms with Crippen molar-refractivity contribution in [2.45, 2.75) is 46.2 Å². The molecule has 0 saturated heterocycles.